The Balaban J connectivity index is 2.64. The van der Waals surface area contributed by atoms with E-state index in [0.717, 1.165) is 15.8 Å². The first-order valence-electron chi connectivity index (χ1n) is 4.53. The van der Waals surface area contributed by atoms with Gasteiger partial charge in [-0.2, -0.15) is 0 Å². The molecule has 0 amide bonds. The first-order valence-corrected chi connectivity index (χ1v) is 4.93. The van der Waals surface area contributed by atoms with Crippen molar-refractivity contribution in [2.24, 2.45) is 0 Å². The van der Waals surface area contributed by atoms with E-state index in [-0.39, 0.29) is 0 Å². The van der Waals surface area contributed by atoms with Crippen LogP contribution in [0.4, 0.5) is 0 Å². The number of pyridine rings is 1. The monoisotopic (exact) mass is 201 g/mol. The molecule has 0 unspecified atom stereocenters. The Labute approximate surface area is 88.4 Å². The fraction of sp³-hybridized carbons (Fsp3) is 0.0833. The normalized spacial score (nSPS) is 10.1. The standard InChI is InChI=1S/C12H11NS/c1-9-11(14)7-8-13-12(9)10-5-3-2-4-6-10/h2-8H,1H3,(H,13,14). The summed E-state index contributed by atoms with van der Waals surface area (Å²) in [5, 5.41) is 0. The molecule has 0 spiro atoms. The van der Waals surface area contributed by atoms with Gasteiger partial charge in [-0.3, -0.25) is 0 Å². The molecule has 1 N–H and O–H groups in total. The molecule has 1 heterocycles. The maximum absolute atomic E-state index is 5.22. The number of benzene rings is 1. The van der Waals surface area contributed by atoms with Crippen LogP contribution in [-0.2, 0) is 0 Å². The van der Waals surface area contributed by atoms with Crippen molar-refractivity contribution >= 4 is 12.2 Å². The number of hydrogen-bond donors (Lipinski definition) is 1. The van der Waals surface area contributed by atoms with Gasteiger partial charge in [0.2, 0.25) is 0 Å². The molecule has 2 aromatic rings. The lowest BCUT2D eigenvalue weighted by atomic mass is 10.1. The lowest BCUT2D eigenvalue weighted by Crippen LogP contribution is -1.87. The van der Waals surface area contributed by atoms with Crippen molar-refractivity contribution in [2.45, 2.75) is 6.92 Å². The summed E-state index contributed by atoms with van der Waals surface area (Å²) in [6, 6.07) is 12.1. The van der Waals surface area contributed by atoms with Crippen molar-refractivity contribution in [1.82, 2.24) is 4.98 Å². The molecule has 0 saturated heterocycles. The van der Waals surface area contributed by atoms with E-state index in [1.165, 1.54) is 5.56 Å². The van der Waals surface area contributed by atoms with Crippen molar-refractivity contribution in [3.8, 4) is 11.3 Å². The molecule has 1 nitrogen and oxygen atoms in total. The van der Waals surface area contributed by atoms with Gasteiger partial charge in [0.15, 0.2) is 0 Å². The van der Waals surface area contributed by atoms with Crippen molar-refractivity contribution < 1.29 is 0 Å². The van der Waals surface area contributed by atoms with E-state index in [2.05, 4.69) is 17.1 Å². The molecule has 0 fully saturated rings. The van der Waals surface area contributed by atoms with E-state index in [1.807, 2.05) is 37.4 Å². The van der Waals surface area contributed by atoms with Gasteiger partial charge in [-0.25, -0.2) is 0 Å². The van der Waals surface area contributed by atoms with Crippen molar-refractivity contribution in [2.75, 3.05) is 0 Å². The largest absolute Gasteiger partial charge is 0.361 e. The van der Waals surface area contributed by atoms with Crippen LogP contribution in [0.1, 0.15) is 5.56 Å². The molecule has 1 aromatic heterocycles. The van der Waals surface area contributed by atoms with Gasteiger partial charge in [0.05, 0.1) is 0 Å². The maximum atomic E-state index is 5.22. The van der Waals surface area contributed by atoms with Crippen molar-refractivity contribution in [3.05, 3.63) is 52.7 Å². The summed E-state index contributed by atoms with van der Waals surface area (Å²) in [5.41, 5.74) is 3.42. The molecular formula is C12H11NS. The quantitative estimate of drug-likeness (QED) is 0.695. The second kappa shape index (κ2) is 3.76. The van der Waals surface area contributed by atoms with Crippen LogP contribution in [0.3, 0.4) is 0 Å². The van der Waals surface area contributed by atoms with Crippen LogP contribution in [-0.4, -0.2) is 4.98 Å². The first-order chi connectivity index (χ1) is 6.79. The Morgan fingerprint density at radius 1 is 1.07 bits per heavy atom. The predicted molar refractivity (Wildman–Crippen MR) is 61.8 cm³/mol. The molecule has 70 valence electrons. The molecule has 2 heteroatoms. The third kappa shape index (κ3) is 1.61. The molecule has 0 bridgehead atoms. The minimum Gasteiger partial charge on any atom is -0.361 e. The molecular weight excluding hydrogens is 190 g/mol. The SMILES string of the molecule is Cc1c(-c2ccccc2)[nH]ccc1=S. The molecule has 14 heavy (non-hydrogen) atoms. The highest BCUT2D eigenvalue weighted by atomic mass is 32.1. The lowest BCUT2D eigenvalue weighted by Gasteiger charge is -2.05. The minimum absolute atomic E-state index is 0.905. The molecule has 0 saturated carbocycles. The number of H-pyrrole nitrogens is 1. The highest BCUT2D eigenvalue weighted by Gasteiger charge is 2.00. The number of nitrogens with one attached hydrogen (secondary N) is 1. The van der Waals surface area contributed by atoms with Gasteiger partial charge in [0.25, 0.3) is 0 Å². The Bertz CT molecular complexity index is 485. The van der Waals surface area contributed by atoms with Gasteiger partial charge in [-0.1, -0.05) is 42.5 Å². The van der Waals surface area contributed by atoms with Gasteiger partial charge in [-0.05, 0) is 24.1 Å². The summed E-state index contributed by atoms with van der Waals surface area (Å²) in [4.78, 5) is 3.23. The second-order valence-corrected chi connectivity index (χ2v) is 3.65. The lowest BCUT2D eigenvalue weighted by molar-refractivity contribution is 1.26. The van der Waals surface area contributed by atoms with E-state index < -0.39 is 0 Å². The zero-order valence-corrected chi connectivity index (χ0v) is 8.77. The molecule has 2 rings (SSSR count). The van der Waals surface area contributed by atoms with Crippen LogP contribution < -0.4 is 0 Å². The van der Waals surface area contributed by atoms with E-state index in [0.29, 0.717) is 0 Å². The van der Waals surface area contributed by atoms with E-state index in [4.69, 9.17) is 12.2 Å². The fourth-order valence-corrected chi connectivity index (χ4v) is 1.63. The van der Waals surface area contributed by atoms with E-state index in [1.54, 1.807) is 0 Å². The van der Waals surface area contributed by atoms with Gasteiger partial charge in [0.1, 0.15) is 0 Å². The third-order valence-electron chi connectivity index (χ3n) is 2.27. The van der Waals surface area contributed by atoms with E-state index >= 15 is 0 Å². The Morgan fingerprint density at radius 3 is 2.50 bits per heavy atom. The number of aromatic nitrogens is 1. The van der Waals surface area contributed by atoms with Gasteiger partial charge >= 0.3 is 0 Å². The van der Waals surface area contributed by atoms with Gasteiger partial charge in [0, 0.05) is 16.4 Å². The molecule has 0 radical (unpaired) electrons. The first kappa shape index (κ1) is 9.16. The molecule has 1 aromatic carbocycles. The number of rotatable bonds is 1. The summed E-state index contributed by atoms with van der Waals surface area (Å²) in [7, 11) is 0. The molecule has 0 aliphatic carbocycles. The summed E-state index contributed by atoms with van der Waals surface area (Å²) < 4.78 is 0.905. The van der Waals surface area contributed by atoms with Crippen LogP contribution in [0.25, 0.3) is 11.3 Å². The summed E-state index contributed by atoms with van der Waals surface area (Å²) >= 11 is 5.22. The van der Waals surface area contributed by atoms with Crippen LogP contribution in [0.2, 0.25) is 0 Å². The molecule has 0 atom stereocenters. The van der Waals surface area contributed by atoms with Crippen molar-refractivity contribution in [3.63, 3.8) is 0 Å². The van der Waals surface area contributed by atoms with Crippen molar-refractivity contribution in [1.29, 1.82) is 0 Å². The fourth-order valence-electron chi connectivity index (χ4n) is 1.46. The predicted octanol–water partition coefficient (Wildman–Crippen LogP) is 3.72. The summed E-state index contributed by atoms with van der Waals surface area (Å²) in [6.07, 6.45) is 1.89. The summed E-state index contributed by atoms with van der Waals surface area (Å²) in [6.45, 7) is 2.04. The Kier molecular flexibility index (Phi) is 2.46. The minimum atomic E-state index is 0.905. The van der Waals surface area contributed by atoms with Crippen LogP contribution in [0, 0.1) is 11.4 Å². The van der Waals surface area contributed by atoms with Crippen LogP contribution >= 0.6 is 12.2 Å². The Morgan fingerprint density at radius 2 is 1.79 bits per heavy atom. The Hall–Kier alpha value is -1.41. The van der Waals surface area contributed by atoms with Gasteiger partial charge in [-0.15, -0.1) is 0 Å². The zero-order valence-electron chi connectivity index (χ0n) is 7.95. The topological polar surface area (TPSA) is 15.8 Å². The maximum Gasteiger partial charge on any atom is 0.0497 e. The second-order valence-electron chi connectivity index (χ2n) is 3.21. The number of hydrogen-bond acceptors (Lipinski definition) is 1. The van der Waals surface area contributed by atoms with E-state index in [9.17, 15) is 0 Å². The van der Waals surface area contributed by atoms with Crippen LogP contribution in [0.15, 0.2) is 42.6 Å². The average molecular weight is 201 g/mol. The zero-order chi connectivity index (χ0) is 9.97. The van der Waals surface area contributed by atoms with Crippen LogP contribution in [0.5, 0.6) is 0 Å². The summed E-state index contributed by atoms with van der Waals surface area (Å²) in [5.74, 6) is 0. The molecule has 0 aliphatic heterocycles. The third-order valence-corrected chi connectivity index (χ3v) is 2.71. The van der Waals surface area contributed by atoms with Gasteiger partial charge < -0.3 is 4.98 Å². The highest BCUT2D eigenvalue weighted by molar-refractivity contribution is 7.71. The molecule has 0 aliphatic rings. The number of aromatic amines is 1. The smallest absolute Gasteiger partial charge is 0.0497 e. The highest BCUT2D eigenvalue weighted by Crippen LogP contribution is 2.20. The average Bonchev–Trinajstić information content (AvgIpc) is 2.23.